The lowest BCUT2D eigenvalue weighted by Gasteiger charge is -2.03. The van der Waals surface area contributed by atoms with Gasteiger partial charge in [0.05, 0.1) is 10.5 Å². The average Bonchev–Trinajstić information content (AvgIpc) is 2.41. The van der Waals surface area contributed by atoms with Gasteiger partial charge in [-0.2, -0.15) is 5.26 Å². The highest BCUT2D eigenvalue weighted by molar-refractivity contribution is 7.99. The number of hydrogen-bond acceptors (Lipinski definition) is 5. The first-order valence-corrected chi connectivity index (χ1v) is 5.85. The number of aromatic nitrogens is 2. The average molecular weight is 275 g/mol. The predicted molar refractivity (Wildman–Crippen MR) is 64.2 cm³/mol. The summed E-state index contributed by atoms with van der Waals surface area (Å²) in [6.07, 6.45) is 1.38. The molecule has 19 heavy (non-hydrogen) atoms. The summed E-state index contributed by atoms with van der Waals surface area (Å²) >= 11 is 0.864. The molecule has 0 saturated carbocycles. The molecule has 0 radical (unpaired) electrons. The Labute approximate surface area is 111 Å². The molecule has 0 aliphatic carbocycles. The van der Waals surface area contributed by atoms with E-state index in [1.807, 2.05) is 6.07 Å². The number of nitriles is 1. The van der Waals surface area contributed by atoms with E-state index in [-0.39, 0.29) is 21.3 Å². The largest absolute Gasteiger partial charge is 0.478 e. The van der Waals surface area contributed by atoms with Gasteiger partial charge in [0.25, 0.3) is 0 Å². The van der Waals surface area contributed by atoms with Crippen LogP contribution in [0.2, 0.25) is 0 Å². The van der Waals surface area contributed by atoms with E-state index < -0.39 is 11.8 Å². The number of benzene rings is 1. The highest BCUT2D eigenvalue weighted by atomic mass is 32.2. The molecule has 2 rings (SSSR count). The second-order valence-corrected chi connectivity index (χ2v) is 4.40. The van der Waals surface area contributed by atoms with Crippen LogP contribution in [-0.4, -0.2) is 21.0 Å². The normalized spacial score (nSPS) is 9.89. The van der Waals surface area contributed by atoms with Crippen LogP contribution in [0, 0.1) is 17.1 Å². The number of aromatic carboxylic acids is 1. The lowest BCUT2D eigenvalue weighted by atomic mass is 10.2. The third-order valence-corrected chi connectivity index (χ3v) is 3.04. The molecule has 0 aliphatic heterocycles. The molecule has 0 unspecified atom stereocenters. The molecule has 0 aliphatic rings. The Hall–Kier alpha value is -2.46. The summed E-state index contributed by atoms with van der Waals surface area (Å²) in [7, 11) is 0. The van der Waals surface area contributed by atoms with E-state index in [0.29, 0.717) is 0 Å². The quantitative estimate of drug-likeness (QED) is 0.865. The summed E-state index contributed by atoms with van der Waals surface area (Å²) in [6.45, 7) is 0. The summed E-state index contributed by atoms with van der Waals surface area (Å²) in [5, 5.41) is 17.7. The van der Waals surface area contributed by atoms with E-state index in [2.05, 4.69) is 9.97 Å². The molecule has 94 valence electrons. The standard InChI is InChI=1S/C12H6FN3O2S/c13-9-2-1-7(11(17)18)5-10(9)19-12-15-4-3-8(6-14)16-12/h1-5H,(H,17,18). The SMILES string of the molecule is N#Cc1ccnc(Sc2cc(C(=O)O)ccc2F)n1. The van der Waals surface area contributed by atoms with Crippen molar-refractivity contribution in [3.63, 3.8) is 0 Å². The van der Waals surface area contributed by atoms with Crippen molar-refractivity contribution >= 4 is 17.7 Å². The summed E-state index contributed by atoms with van der Waals surface area (Å²) in [4.78, 5) is 18.7. The lowest BCUT2D eigenvalue weighted by molar-refractivity contribution is 0.0696. The number of nitrogens with zero attached hydrogens (tertiary/aromatic N) is 3. The van der Waals surface area contributed by atoms with Gasteiger partial charge in [-0.1, -0.05) is 0 Å². The van der Waals surface area contributed by atoms with Gasteiger partial charge in [-0.25, -0.2) is 19.2 Å². The highest BCUT2D eigenvalue weighted by Gasteiger charge is 2.11. The summed E-state index contributed by atoms with van der Waals surface area (Å²) < 4.78 is 13.6. The summed E-state index contributed by atoms with van der Waals surface area (Å²) in [5.74, 6) is -1.71. The zero-order chi connectivity index (χ0) is 13.8. The molecule has 5 nitrogen and oxygen atoms in total. The van der Waals surface area contributed by atoms with Gasteiger partial charge < -0.3 is 5.11 Å². The first-order chi connectivity index (χ1) is 9.10. The molecule has 1 aromatic carbocycles. The first kappa shape index (κ1) is 13.0. The Bertz CT molecular complexity index is 685. The highest BCUT2D eigenvalue weighted by Crippen LogP contribution is 2.28. The van der Waals surface area contributed by atoms with Crippen molar-refractivity contribution in [2.24, 2.45) is 0 Å². The minimum atomic E-state index is -1.14. The molecule has 0 bridgehead atoms. The molecule has 1 heterocycles. The van der Waals surface area contributed by atoms with Crippen molar-refractivity contribution < 1.29 is 14.3 Å². The second-order valence-electron chi connectivity index (χ2n) is 3.39. The molecule has 2 aromatic rings. The van der Waals surface area contributed by atoms with Crippen LogP contribution < -0.4 is 0 Å². The molecule has 0 fully saturated rings. The molecular weight excluding hydrogens is 269 g/mol. The molecule has 0 atom stereocenters. The number of carbonyl (C=O) groups is 1. The zero-order valence-corrected chi connectivity index (χ0v) is 10.2. The molecule has 0 amide bonds. The third kappa shape index (κ3) is 3.05. The Balaban J connectivity index is 2.34. The number of carboxylic acid groups (broad SMARTS) is 1. The number of rotatable bonds is 3. The van der Waals surface area contributed by atoms with Crippen molar-refractivity contribution in [2.45, 2.75) is 10.1 Å². The van der Waals surface area contributed by atoms with E-state index in [1.54, 1.807) is 0 Å². The van der Waals surface area contributed by atoms with Gasteiger partial charge in [0.1, 0.15) is 17.6 Å². The Kier molecular flexibility index (Phi) is 3.73. The lowest BCUT2D eigenvalue weighted by Crippen LogP contribution is -1.97. The maximum Gasteiger partial charge on any atom is 0.335 e. The van der Waals surface area contributed by atoms with Crippen LogP contribution in [0.4, 0.5) is 4.39 Å². The molecule has 0 saturated heterocycles. The van der Waals surface area contributed by atoms with E-state index in [0.717, 1.165) is 17.8 Å². The van der Waals surface area contributed by atoms with Crippen LogP contribution in [0.3, 0.4) is 0 Å². The monoisotopic (exact) mass is 275 g/mol. The van der Waals surface area contributed by atoms with Crippen LogP contribution in [0.15, 0.2) is 40.5 Å². The van der Waals surface area contributed by atoms with Gasteiger partial charge in [-0.05, 0) is 36.0 Å². The smallest absolute Gasteiger partial charge is 0.335 e. The van der Waals surface area contributed by atoms with Crippen molar-refractivity contribution in [3.8, 4) is 6.07 Å². The maximum atomic E-state index is 13.6. The molecule has 1 N–H and O–H groups in total. The van der Waals surface area contributed by atoms with Crippen LogP contribution in [0.1, 0.15) is 16.1 Å². The van der Waals surface area contributed by atoms with Crippen LogP contribution in [0.5, 0.6) is 0 Å². The fourth-order valence-electron chi connectivity index (χ4n) is 1.27. The van der Waals surface area contributed by atoms with E-state index in [1.165, 1.54) is 24.4 Å². The molecule has 0 spiro atoms. The second kappa shape index (κ2) is 5.46. The topological polar surface area (TPSA) is 86.9 Å². The zero-order valence-electron chi connectivity index (χ0n) is 9.37. The van der Waals surface area contributed by atoms with Crippen molar-refractivity contribution in [3.05, 3.63) is 47.5 Å². The molecule has 7 heteroatoms. The Morgan fingerprint density at radius 1 is 1.42 bits per heavy atom. The van der Waals surface area contributed by atoms with E-state index >= 15 is 0 Å². The van der Waals surface area contributed by atoms with Gasteiger partial charge >= 0.3 is 5.97 Å². The minimum Gasteiger partial charge on any atom is -0.478 e. The summed E-state index contributed by atoms with van der Waals surface area (Å²) in [5.41, 5.74) is 0.132. The van der Waals surface area contributed by atoms with Crippen molar-refractivity contribution in [1.82, 2.24) is 9.97 Å². The molecular formula is C12H6FN3O2S. The number of hydrogen-bond donors (Lipinski definition) is 1. The van der Waals surface area contributed by atoms with E-state index in [4.69, 9.17) is 10.4 Å². The van der Waals surface area contributed by atoms with Crippen LogP contribution in [0.25, 0.3) is 0 Å². The van der Waals surface area contributed by atoms with Gasteiger partial charge in [-0.3, -0.25) is 0 Å². The predicted octanol–water partition coefficient (Wildman–Crippen LogP) is 2.34. The van der Waals surface area contributed by atoms with Gasteiger partial charge in [0.2, 0.25) is 0 Å². The van der Waals surface area contributed by atoms with E-state index in [9.17, 15) is 9.18 Å². The number of halogens is 1. The van der Waals surface area contributed by atoms with Gasteiger partial charge in [0.15, 0.2) is 5.16 Å². The third-order valence-electron chi connectivity index (χ3n) is 2.13. The summed E-state index contributed by atoms with van der Waals surface area (Å²) in [6, 6.07) is 6.71. The van der Waals surface area contributed by atoms with Crippen molar-refractivity contribution in [2.75, 3.05) is 0 Å². The molecule has 1 aromatic heterocycles. The van der Waals surface area contributed by atoms with Gasteiger partial charge in [0, 0.05) is 6.20 Å². The first-order valence-electron chi connectivity index (χ1n) is 5.04. The Morgan fingerprint density at radius 2 is 2.21 bits per heavy atom. The van der Waals surface area contributed by atoms with Crippen LogP contribution >= 0.6 is 11.8 Å². The van der Waals surface area contributed by atoms with Crippen molar-refractivity contribution in [1.29, 1.82) is 5.26 Å². The Morgan fingerprint density at radius 3 is 2.89 bits per heavy atom. The van der Waals surface area contributed by atoms with Crippen LogP contribution in [-0.2, 0) is 0 Å². The fraction of sp³-hybridized carbons (Fsp3) is 0. The minimum absolute atomic E-state index is 0.0275. The maximum absolute atomic E-state index is 13.6. The number of carboxylic acids is 1. The van der Waals surface area contributed by atoms with Gasteiger partial charge in [-0.15, -0.1) is 0 Å². The fourth-order valence-corrected chi connectivity index (χ4v) is 2.07.